The standard InChI is InChI=1S/C24H30N4O4/c1-17-23(32-21-9-5-4-8-20(21)31-17)24(30)27-13-10-26(11-14-27)12-15-28-22(29)16-18-6-2-3-7-19(18)25-28/h4-5,8-9,16-17,23H,2-3,6-7,10-15H2,1H3. The smallest absolute Gasteiger partial charge is 0.267 e. The zero-order valence-electron chi connectivity index (χ0n) is 18.5. The van der Waals surface area contributed by atoms with Crippen molar-refractivity contribution in [3.05, 3.63) is 51.9 Å². The lowest BCUT2D eigenvalue weighted by molar-refractivity contribution is -0.146. The largest absolute Gasteiger partial charge is 0.482 e. The second kappa shape index (κ2) is 8.94. The average Bonchev–Trinajstić information content (AvgIpc) is 2.82. The molecule has 2 aromatic rings. The topological polar surface area (TPSA) is 76.9 Å². The van der Waals surface area contributed by atoms with Crippen LogP contribution in [0.1, 0.15) is 31.0 Å². The Morgan fingerprint density at radius 2 is 1.75 bits per heavy atom. The molecule has 1 aromatic carbocycles. The van der Waals surface area contributed by atoms with Crippen molar-refractivity contribution >= 4 is 5.91 Å². The van der Waals surface area contributed by atoms with Gasteiger partial charge >= 0.3 is 0 Å². The maximum absolute atomic E-state index is 13.1. The Balaban J connectivity index is 1.15. The molecule has 0 spiro atoms. The van der Waals surface area contributed by atoms with Gasteiger partial charge in [-0.3, -0.25) is 14.5 Å². The molecule has 3 heterocycles. The third kappa shape index (κ3) is 4.24. The van der Waals surface area contributed by atoms with Gasteiger partial charge in [-0.2, -0.15) is 5.10 Å². The van der Waals surface area contributed by atoms with Crippen LogP contribution < -0.4 is 15.0 Å². The van der Waals surface area contributed by atoms with E-state index in [0.717, 1.165) is 56.6 Å². The molecule has 1 amide bonds. The number of fused-ring (bicyclic) bond motifs is 2. The van der Waals surface area contributed by atoms with Crippen molar-refractivity contribution in [2.45, 2.75) is 51.4 Å². The van der Waals surface area contributed by atoms with Crippen LogP contribution in [0.5, 0.6) is 11.5 Å². The molecular weight excluding hydrogens is 408 g/mol. The summed E-state index contributed by atoms with van der Waals surface area (Å²) in [7, 11) is 0. The van der Waals surface area contributed by atoms with E-state index < -0.39 is 6.10 Å². The highest BCUT2D eigenvalue weighted by Crippen LogP contribution is 2.34. The van der Waals surface area contributed by atoms with Crippen LogP contribution in [0.4, 0.5) is 0 Å². The molecule has 2 aliphatic heterocycles. The van der Waals surface area contributed by atoms with E-state index in [2.05, 4.69) is 10.00 Å². The molecule has 0 N–H and O–H groups in total. The van der Waals surface area contributed by atoms with Crippen LogP contribution >= 0.6 is 0 Å². The van der Waals surface area contributed by atoms with Crippen molar-refractivity contribution < 1.29 is 14.3 Å². The average molecular weight is 439 g/mol. The molecule has 1 fully saturated rings. The van der Waals surface area contributed by atoms with Crippen molar-refractivity contribution in [1.29, 1.82) is 0 Å². The number of carbonyl (C=O) groups excluding carboxylic acids is 1. The van der Waals surface area contributed by atoms with Gasteiger partial charge in [-0.15, -0.1) is 0 Å². The summed E-state index contributed by atoms with van der Waals surface area (Å²) in [5.74, 6) is 1.27. The van der Waals surface area contributed by atoms with E-state index in [1.165, 1.54) is 0 Å². The quantitative estimate of drug-likeness (QED) is 0.720. The Morgan fingerprint density at radius 1 is 1.03 bits per heavy atom. The van der Waals surface area contributed by atoms with Gasteiger partial charge in [-0.25, -0.2) is 4.68 Å². The van der Waals surface area contributed by atoms with Crippen LogP contribution in [0, 0.1) is 0 Å². The summed E-state index contributed by atoms with van der Waals surface area (Å²) < 4.78 is 13.5. The van der Waals surface area contributed by atoms with E-state index in [0.29, 0.717) is 31.1 Å². The predicted molar refractivity (Wildman–Crippen MR) is 119 cm³/mol. The number of amides is 1. The van der Waals surface area contributed by atoms with Gasteiger partial charge < -0.3 is 14.4 Å². The number of para-hydroxylation sites is 2. The number of nitrogens with zero attached hydrogens (tertiary/aromatic N) is 4. The minimum absolute atomic E-state index is 0.0109. The van der Waals surface area contributed by atoms with Gasteiger partial charge in [0, 0.05) is 38.8 Å². The van der Waals surface area contributed by atoms with Gasteiger partial charge in [0.1, 0.15) is 6.10 Å². The third-order valence-corrected chi connectivity index (χ3v) is 6.67. The van der Waals surface area contributed by atoms with Crippen LogP contribution in [0.3, 0.4) is 0 Å². The number of hydrogen-bond acceptors (Lipinski definition) is 6. The second-order valence-electron chi connectivity index (χ2n) is 8.86. The zero-order chi connectivity index (χ0) is 22.1. The minimum Gasteiger partial charge on any atom is -0.482 e. The van der Waals surface area contributed by atoms with Crippen LogP contribution in [0.25, 0.3) is 0 Å². The Labute approximate surface area is 187 Å². The normalized spacial score (nSPS) is 23.0. The number of rotatable bonds is 4. The fraction of sp³-hybridized carbons (Fsp3) is 0.542. The molecule has 0 bridgehead atoms. The number of aryl methyl sites for hydroxylation is 2. The van der Waals surface area contributed by atoms with Gasteiger partial charge in [0.05, 0.1) is 12.2 Å². The van der Waals surface area contributed by atoms with Gasteiger partial charge in [0.2, 0.25) is 6.10 Å². The highest BCUT2D eigenvalue weighted by Gasteiger charge is 2.37. The number of ether oxygens (including phenoxy) is 2. The summed E-state index contributed by atoms with van der Waals surface area (Å²) in [6, 6.07) is 9.22. The monoisotopic (exact) mass is 438 g/mol. The van der Waals surface area contributed by atoms with Gasteiger partial charge in [-0.1, -0.05) is 12.1 Å². The first-order valence-corrected chi connectivity index (χ1v) is 11.6. The minimum atomic E-state index is -0.630. The Hall–Kier alpha value is -2.87. The molecule has 8 heteroatoms. The lowest BCUT2D eigenvalue weighted by Gasteiger charge is -2.38. The fourth-order valence-corrected chi connectivity index (χ4v) is 4.76. The molecule has 2 atom stereocenters. The zero-order valence-corrected chi connectivity index (χ0v) is 18.5. The fourth-order valence-electron chi connectivity index (χ4n) is 4.76. The van der Waals surface area contributed by atoms with Crippen molar-refractivity contribution in [2.24, 2.45) is 0 Å². The summed E-state index contributed by atoms with van der Waals surface area (Å²) in [6.07, 6.45) is 3.26. The SMILES string of the molecule is CC1Oc2ccccc2OC1C(=O)N1CCN(CCn2nc3c(cc2=O)CCCC3)CC1. The van der Waals surface area contributed by atoms with E-state index in [1.54, 1.807) is 10.7 Å². The molecule has 0 saturated carbocycles. The van der Waals surface area contributed by atoms with Crippen molar-refractivity contribution in [2.75, 3.05) is 32.7 Å². The Bertz CT molecular complexity index is 1040. The van der Waals surface area contributed by atoms with Gasteiger partial charge in [-0.05, 0) is 50.3 Å². The second-order valence-corrected chi connectivity index (χ2v) is 8.86. The lowest BCUT2D eigenvalue weighted by atomic mass is 9.97. The van der Waals surface area contributed by atoms with Crippen molar-refractivity contribution in [3.63, 3.8) is 0 Å². The molecule has 0 radical (unpaired) electrons. The molecule has 3 aliphatic rings. The molecule has 2 unspecified atom stereocenters. The molecule has 1 aliphatic carbocycles. The summed E-state index contributed by atoms with van der Waals surface area (Å²) in [6.45, 7) is 6.01. The maximum Gasteiger partial charge on any atom is 0.267 e. The Morgan fingerprint density at radius 3 is 2.53 bits per heavy atom. The number of aromatic nitrogens is 2. The molecule has 8 nitrogen and oxygen atoms in total. The predicted octanol–water partition coefficient (Wildman–Crippen LogP) is 1.49. The summed E-state index contributed by atoms with van der Waals surface area (Å²) in [5, 5.41) is 4.61. The maximum atomic E-state index is 13.1. The highest BCUT2D eigenvalue weighted by atomic mass is 16.6. The van der Waals surface area contributed by atoms with Gasteiger partial charge in [0.25, 0.3) is 11.5 Å². The Kier molecular flexibility index (Phi) is 5.87. The summed E-state index contributed by atoms with van der Waals surface area (Å²) >= 11 is 0. The van der Waals surface area contributed by atoms with Crippen LogP contribution in [0.15, 0.2) is 35.1 Å². The van der Waals surface area contributed by atoms with Crippen molar-refractivity contribution in [1.82, 2.24) is 19.6 Å². The number of benzene rings is 1. The van der Waals surface area contributed by atoms with E-state index in [4.69, 9.17) is 9.47 Å². The molecule has 5 rings (SSSR count). The first kappa shape index (κ1) is 21.0. The van der Waals surface area contributed by atoms with Crippen LogP contribution in [0.2, 0.25) is 0 Å². The first-order valence-electron chi connectivity index (χ1n) is 11.6. The molecule has 1 saturated heterocycles. The number of piperazine rings is 1. The van der Waals surface area contributed by atoms with E-state index in [-0.39, 0.29) is 17.6 Å². The van der Waals surface area contributed by atoms with E-state index in [9.17, 15) is 9.59 Å². The molecule has 1 aromatic heterocycles. The number of carbonyl (C=O) groups is 1. The molecular formula is C24H30N4O4. The highest BCUT2D eigenvalue weighted by molar-refractivity contribution is 5.82. The van der Waals surface area contributed by atoms with Gasteiger partial charge in [0.15, 0.2) is 11.5 Å². The first-order chi connectivity index (χ1) is 15.6. The van der Waals surface area contributed by atoms with Crippen LogP contribution in [-0.4, -0.2) is 70.4 Å². The van der Waals surface area contributed by atoms with Crippen LogP contribution in [-0.2, 0) is 24.2 Å². The van der Waals surface area contributed by atoms with Crippen molar-refractivity contribution in [3.8, 4) is 11.5 Å². The third-order valence-electron chi connectivity index (χ3n) is 6.67. The van der Waals surface area contributed by atoms with E-state index in [1.807, 2.05) is 36.1 Å². The number of hydrogen-bond donors (Lipinski definition) is 0. The lowest BCUT2D eigenvalue weighted by Crippen LogP contribution is -2.56. The molecule has 32 heavy (non-hydrogen) atoms. The summed E-state index contributed by atoms with van der Waals surface area (Å²) in [4.78, 5) is 29.6. The van der Waals surface area contributed by atoms with E-state index >= 15 is 0 Å². The summed E-state index contributed by atoms with van der Waals surface area (Å²) in [5.41, 5.74) is 2.19. The molecule has 170 valence electrons.